The summed E-state index contributed by atoms with van der Waals surface area (Å²) in [5, 5.41) is 13.5. The number of amides is 2. The largest absolute Gasteiger partial charge is 0.478 e. The Morgan fingerprint density at radius 3 is 2.89 bits per heavy atom. The maximum Gasteiger partial charge on any atom is 0.335 e. The van der Waals surface area contributed by atoms with Gasteiger partial charge in [0, 0.05) is 6.20 Å². The Morgan fingerprint density at radius 2 is 2.22 bits per heavy atom. The molecule has 0 aliphatic heterocycles. The molecule has 8 heteroatoms. The monoisotopic (exact) mass is 250 g/mol. The van der Waals surface area contributed by atoms with Crippen molar-refractivity contribution in [3.63, 3.8) is 0 Å². The van der Waals surface area contributed by atoms with Gasteiger partial charge in [-0.05, 0) is 12.1 Å². The van der Waals surface area contributed by atoms with E-state index in [2.05, 4.69) is 20.6 Å². The molecule has 0 aliphatic carbocycles. The van der Waals surface area contributed by atoms with Crippen molar-refractivity contribution < 1.29 is 19.5 Å². The minimum atomic E-state index is -1.07. The lowest BCUT2D eigenvalue weighted by atomic mass is 10.2. The number of carbonyl (C=O) groups excluding carboxylic acids is 2. The number of rotatable bonds is 5. The lowest BCUT2D eigenvalue weighted by Crippen LogP contribution is -2.35. The van der Waals surface area contributed by atoms with Gasteiger partial charge in [-0.25, -0.2) is 14.4 Å². The van der Waals surface area contributed by atoms with Gasteiger partial charge >= 0.3 is 12.0 Å². The summed E-state index contributed by atoms with van der Waals surface area (Å²) in [6.45, 7) is -0.102. The van der Waals surface area contributed by atoms with E-state index in [0.29, 0.717) is 5.69 Å². The van der Waals surface area contributed by atoms with Gasteiger partial charge < -0.3 is 15.7 Å². The van der Waals surface area contributed by atoms with Crippen LogP contribution in [-0.2, 0) is 11.3 Å². The van der Waals surface area contributed by atoms with E-state index in [9.17, 15) is 14.4 Å². The molecule has 0 fully saturated rings. The van der Waals surface area contributed by atoms with Gasteiger partial charge in [-0.15, -0.1) is 0 Å². The topological polar surface area (TPSA) is 121 Å². The summed E-state index contributed by atoms with van der Waals surface area (Å²) in [5.41, 5.74) is 0.497. The Bertz CT molecular complexity index is 496. The van der Waals surface area contributed by atoms with Crippen LogP contribution in [0.4, 0.5) is 4.79 Å². The van der Waals surface area contributed by atoms with Crippen molar-refractivity contribution in [3.8, 4) is 0 Å². The Morgan fingerprint density at radius 1 is 1.44 bits per heavy atom. The highest BCUT2D eigenvalue weighted by molar-refractivity contribution is 5.87. The molecule has 1 heterocycles. The minimum absolute atomic E-state index is 0.0672. The van der Waals surface area contributed by atoms with Crippen molar-refractivity contribution in [3.05, 3.63) is 29.6 Å². The average Bonchev–Trinajstić information content (AvgIpc) is 2.37. The smallest absolute Gasteiger partial charge is 0.335 e. The zero-order valence-electron chi connectivity index (χ0n) is 9.21. The van der Waals surface area contributed by atoms with E-state index < -0.39 is 12.0 Å². The van der Waals surface area contributed by atoms with Crippen molar-refractivity contribution in [2.45, 2.75) is 6.54 Å². The predicted molar refractivity (Wildman–Crippen MR) is 59.6 cm³/mol. The second kappa shape index (κ2) is 6.77. The van der Waals surface area contributed by atoms with E-state index in [-0.39, 0.29) is 18.8 Å². The first kappa shape index (κ1) is 13.3. The molecular weight excluding hydrogens is 240 g/mol. The van der Waals surface area contributed by atoms with Crippen LogP contribution in [-0.4, -0.2) is 34.8 Å². The highest BCUT2D eigenvalue weighted by atomic mass is 16.4. The maximum atomic E-state index is 11.2. The number of pyridine rings is 1. The van der Waals surface area contributed by atoms with Crippen molar-refractivity contribution >= 4 is 18.1 Å². The number of carboxylic acids is 1. The number of isocyanates is 1. The van der Waals surface area contributed by atoms with Crippen LogP contribution >= 0.6 is 0 Å². The van der Waals surface area contributed by atoms with Gasteiger partial charge in [0.2, 0.25) is 6.08 Å². The molecule has 0 saturated carbocycles. The Kier molecular flexibility index (Phi) is 5.01. The number of urea groups is 1. The fourth-order valence-corrected chi connectivity index (χ4v) is 1.08. The lowest BCUT2D eigenvalue weighted by molar-refractivity contribution is 0.0696. The molecule has 0 saturated heterocycles. The second-order valence-electron chi connectivity index (χ2n) is 3.11. The number of aromatic carboxylic acids is 1. The molecule has 1 aromatic rings. The quantitative estimate of drug-likeness (QED) is 0.496. The van der Waals surface area contributed by atoms with E-state index in [0.717, 1.165) is 0 Å². The molecule has 0 atom stereocenters. The third-order valence-electron chi connectivity index (χ3n) is 1.88. The fraction of sp³-hybridized carbons (Fsp3) is 0.200. The van der Waals surface area contributed by atoms with Crippen LogP contribution in [0.2, 0.25) is 0 Å². The van der Waals surface area contributed by atoms with Gasteiger partial charge in [0.15, 0.2) is 0 Å². The molecule has 0 unspecified atom stereocenters. The molecule has 94 valence electrons. The zero-order valence-corrected chi connectivity index (χ0v) is 9.21. The van der Waals surface area contributed by atoms with Crippen molar-refractivity contribution in [1.82, 2.24) is 15.6 Å². The van der Waals surface area contributed by atoms with Gasteiger partial charge in [0.05, 0.1) is 17.8 Å². The Balaban J connectivity index is 2.48. The molecule has 8 nitrogen and oxygen atoms in total. The van der Waals surface area contributed by atoms with Crippen LogP contribution in [0.1, 0.15) is 16.1 Å². The highest BCUT2D eigenvalue weighted by Gasteiger charge is 2.05. The van der Waals surface area contributed by atoms with Crippen LogP contribution in [0.15, 0.2) is 23.3 Å². The van der Waals surface area contributed by atoms with Crippen LogP contribution in [0.5, 0.6) is 0 Å². The number of hydrogen-bond acceptors (Lipinski definition) is 5. The molecule has 3 N–H and O–H groups in total. The molecule has 1 rings (SSSR count). The van der Waals surface area contributed by atoms with Crippen LogP contribution in [0, 0.1) is 0 Å². The van der Waals surface area contributed by atoms with Gasteiger partial charge in [-0.2, -0.15) is 4.99 Å². The predicted octanol–water partition coefficient (Wildman–Crippen LogP) is -0.128. The molecule has 0 bridgehead atoms. The number of nitrogens with one attached hydrogen (secondary N) is 2. The van der Waals surface area contributed by atoms with Gasteiger partial charge in [0.1, 0.15) is 6.67 Å². The first-order valence-electron chi connectivity index (χ1n) is 4.87. The van der Waals surface area contributed by atoms with E-state index in [1.807, 2.05) is 0 Å². The standard InChI is InChI=1S/C10H10N4O4/c15-6-11-5-14-10(18)13-4-8-3-7(9(16)17)1-2-12-8/h1-3H,4-5H2,(H,16,17)(H2,13,14,18). The molecule has 2 amide bonds. The first-order chi connectivity index (χ1) is 8.63. The Hall–Kier alpha value is -2.73. The highest BCUT2D eigenvalue weighted by Crippen LogP contribution is 2.01. The third kappa shape index (κ3) is 4.42. The van der Waals surface area contributed by atoms with Gasteiger partial charge in [-0.3, -0.25) is 4.98 Å². The van der Waals surface area contributed by atoms with Crippen molar-refractivity contribution in [2.75, 3.05) is 6.67 Å². The summed E-state index contributed by atoms with van der Waals surface area (Å²) in [4.78, 5) is 38.6. The summed E-state index contributed by atoms with van der Waals surface area (Å²) >= 11 is 0. The molecular formula is C10H10N4O4. The third-order valence-corrected chi connectivity index (χ3v) is 1.88. The number of nitrogens with zero attached hydrogens (tertiary/aromatic N) is 2. The molecule has 18 heavy (non-hydrogen) atoms. The maximum absolute atomic E-state index is 11.2. The summed E-state index contributed by atoms with van der Waals surface area (Å²) in [6, 6.07) is 2.16. The zero-order chi connectivity index (χ0) is 13.4. The van der Waals surface area contributed by atoms with E-state index in [4.69, 9.17) is 5.11 Å². The Labute approximate surface area is 102 Å². The summed E-state index contributed by atoms with van der Waals surface area (Å²) in [6.07, 6.45) is 2.61. The van der Waals surface area contributed by atoms with Crippen LogP contribution in [0.3, 0.4) is 0 Å². The summed E-state index contributed by atoms with van der Waals surface area (Å²) < 4.78 is 0. The number of aliphatic imine (C=N–C) groups is 1. The summed E-state index contributed by atoms with van der Waals surface area (Å²) in [7, 11) is 0. The van der Waals surface area contributed by atoms with Crippen LogP contribution < -0.4 is 10.6 Å². The van der Waals surface area contributed by atoms with Crippen LogP contribution in [0.25, 0.3) is 0 Å². The SMILES string of the molecule is O=C=NCNC(=O)NCc1cc(C(=O)O)ccn1. The van der Waals surface area contributed by atoms with E-state index >= 15 is 0 Å². The average molecular weight is 250 g/mol. The van der Waals surface area contributed by atoms with Crippen molar-refractivity contribution in [2.24, 2.45) is 4.99 Å². The summed E-state index contributed by atoms with van der Waals surface area (Å²) in [5.74, 6) is -1.07. The molecule has 0 spiro atoms. The first-order valence-corrected chi connectivity index (χ1v) is 4.87. The molecule has 1 aromatic heterocycles. The number of carbonyl (C=O) groups is 2. The van der Waals surface area contributed by atoms with Crippen molar-refractivity contribution in [1.29, 1.82) is 0 Å². The molecule has 0 aromatic carbocycles. The second-order valence-corrected chi connectivity index (χ2v) is 3.11. The minimum Gasteiger partial charge on any atom is -0.478 e. The number of hydrogen-bond donors (Lipinski definition) is 3. The number of carboxylic acid groups (broad SMARTS) is 1. The van der Waals surface area contributed by atoms with Gasteiger partial charge in [0.25, 0.3) is 0 Å². The normalized spacial score (nSPS) is 9.11. The fourth-order valence-electron chi connectivity index (χ4n) is 1.08. The molecule has 0 radical (unpaired) electrons. The van der Waals surface area contributed by atoms with E-state index in [1.54, 1.807) is 0 Å². The molecule has 0 aliphatic rings. The number of aromatic nitrogens is 1. The van der Waals surface area contributed by atoms with E-state index in [1.165, 1.54) is 24.4 Å². The van der Waals surface area contributed by atoms with Gasteiger partial charge in [-0.1, -0.05) is 0 Å². The lowest BCUT2D eigenvalue weighted by Gasteiger charge is -2.05.